The number of carbonyl (C=O) groups is 2. The van der Waals surface area contributed by atoms with Gasteiger partial charge in [0.05, 0.1) is 27.8 Å². The molecule has 9 nitrogen and oxygen atoms in total. The zero-order valence-corrected chi connectivity index (χ0v) is 23.2. The van der Waals surface area contributed by atoms with E-state index in [0.29, 0.717) is 27.7 Å². The second-order valence-electron chi connectivity index (χ2n) is 10.5. The van der Waals surface area contributed by atoms with Crippen molar-refractivity contribution < 1.29 is 9.59 Å². The number of aromatic amines is 2. The Morgan fingerprint density at radius 2 is 1.88 bits per heavy atom. The van der Waals surface area contributed by atoms with Gasteiger partial charge in [-0.25, -0.2) is 9.97 Å². The Labute approximate surface area is 239 Å². The number of nitrogens with zero attached hydrogens (tertiary/aromatic N) is 4. The van der Waals surface area contributed by atoms with Crippen molar-refractivity contribution >= 4 is 50.8 Å². The van der Waals surface area contributed by atoms with Gasteiger partial charge in [0.2, 0.25) is 5.91 Å². The highest BCUT2D eigenvalue weighted by atomic mass is 32.1. The number of ketones is 1. The van der Waals surface area contributed by atoms with Crippen LogP contribution < -0.4 is 5.32 Å². The van der Waals surface area contributed by atoms with Gasteiger partial charge >= 0.3 is 0 Å². The number of nitrogens with one attached hydrogen (secondary N) is 3. The number of anilines is 1. The first kappa shape index (κ1) is 25.3. The lowest BCUT2D eigenvalue weighted by Gasteiger charge is -2.20. The van der Waals surface area contributed by atoms with Gasteiger partial charge in [0.1, 0.15) is 5.69 Å². The Hall–Kier alpha value is -4.70. The summed E-state index contributed by atoms with van der Waals surface area (Å²) in [5, 5.41) is 11.7. The summed E-state index contributed by atoms with van der Waals surface area (Å²) in [5.41, 5.74) is 6.39. The van der Waals surface area contributed by atoms with E-state index in [9.17, 15) is 9.59 Å². The molecule has 0 unspecified atom stereocenters. The van der Waals surface area contributed by atoms with Crippen LogP contribution in [0.5, 0.6) is 0 Å². The Morgan fingerprint density at radius 3 is 2.71 bits per heavy atom. The molecule has 10 heteroatoms. The summed E-state index contributed by atoms with van der Waals surface area (Å²) in [4.78, 5) is 43.4. The smallest absolute Gasteiger partial charge is 0.227 e. The number of aromatic nitrogens is 6. The second kappa shape index (κ2) is 10.4. The minimum Gasteiger partial charge on any atom is -0.335 e. The third kappa shape index (κ3) is 4.80. The van der Waals surface area contributed by atoms with Crippen molar-refractivity contribution in [3.8, 4) is 33.1 Å². The van der Waals surface area contributed by atoms with Crippen LogP contribution in [0, 0.1) is 5.92 Å². The van der Waals surface area contributed by atoms with E-state index < -0.39 is 0 Å². The molecule has 204 valence electrons. The summed E-state index contributed by atoms with van der Waals surface area (Å²) in [5.74, 6) is 0.794. The number of imidazole rings is 1. The lowest BCUT2D eigenvalue weighted by atomic mass is 9.88. The summed E-state index contributed by atoms with van der Waals surface area (Å²) in [7, 11) is 0. The third-order valence-corrected chi connectivity index (χ3v) is 8.93. The van der Waals surface area contributed by atoms with Crippen molar-refractivity contribution in [2.45, 2.75) is 39.0 Å². The van der Waals surface area contributed by atoms with E-state index in [2.05, 4.69) is 36.5 Å². The molecule has 0 aliphatic heterocycles. The van der Waals surface area contributed by atoms with Crippen molar-refractivity contribution in [2.24, 2.45) is 5.92 Å². The van der Waals surface area contributed by atoms with E-state index in [-0.39, 0.29) is 17.6 Å². The summed E-state index contributed by atoms with van der Waals surface area (Å²) in [6.07, 6.45) is 10.5. The molecular formula is C31H27N7O2S. The predicted molar refractivity (Wildman–Crippen MR) is 161 cm³/mol. The van der Waals surface area contributed by atoms with Crippen LogP contribution in [0.15, 0.2) is 61.1 Å². The minimum atomic E-state index is 0.0444. The van der Waals surface area contributed by atoms with Gasteiger partial charge in [0.15, 0.2) is 17.3 Å². The van der Waals surface area contributed by atoms with Crippen molar-refractivity contribution in [1.29, 1.82) is 0 Å². The standard InChI is InChI=1S/C31H27N7O2S/c1-17(39)25-9-10-26(41-25)22-11-12-33-29-27(22)35-30(36-29)28-23-14-19(7-8-24(23)37-38-28)20-13-21(16-32-15-20)34-31(40)18-5-3-2-4-6-18/h7-16,18H,2-6H2,1H3,(H,34,40)(H,37,38)(H,33,35,36). The van der Waals surface area contributed by atoms with Gasteiger partial charge in [0, 0.05) is 39.7 Å². The number of Topliss-reactive ketones (excluding diaryl/α,β-unsaturated/α-hetero) is 1. The molecule has 0 atom stereocenters. The first-order valence-corrected chi connectivity index (χ1v) is 14.6. The molecule has 7 rings (SSSR count). The number of carbonyl (C=O) groups excluding carboxylic acids is 2. The first-order valence-electron chi connectivity index (χ1n) is 13.7. The predicted octanol–water partition coefficient (Wildman–Crippen LogP) is 7.01. The summed E-state index contributed by atoms with van der Waals surface area (Å²) < 4.78 is 0. The number of hydrogen-bond donors (Lipinski definition) is 3. The van der Waals surface area contributed by atoms with Crippen LogP contribution in [0.3, 0.4) is 0 Å². The zero-order valence-electron chi connectivity index (χ0n) is 22.4. The molecule has 1 aromatic carbocycles. The molecule has 0 saturated heterocycles. The largest absolute Gasteiger partial charge is 0.335 e. The normalized spacial score (nSPS) is 14.1. The SMILES string of the molecule is CC(=O)c1ccc(-c2ccnc3nc(-c4n[nH]c5ccc(-c6cncc(NC(=O)C7CCCCC7)c6)cc45)[nH]c23)s1. The van der Waals surface area contributed by atoms with Crippen LogP contribution in [0.25, 0.3) is 55.2 Å². The van der Waals surface area contributed by atoms with E-state index in [0.717, 1.165) is 63.7 Å². The summed E-state index contributed by atoms with van der Waals surface area (Å²) >= 11 is 1.45. The molecule has 0 bridgehead atoms. The van der Waals surface area contributed by atoms with E-state index >= 15 is 0 Å². The molecule has 1 aliphatic rings. The maximum Gasteiger partial charge on any atom is 0.227 e. The number of thiophene rings is 1. The lowest BCUT2D eigenvalue weighted by molar-refractivity contribution is -0.120. The van der Waals surface area contributed by atoms with E-state index in [1.165, 1.54) is 17.8 Å². The highest BCUT2D eigenvalue weighted by Crippen LogP contribution is 2.35. The molecule has 1 aliphatic carbocycles. The molecule has 1 fully saturated rings. The van der Waals surface area contributed by atoms with Crippen LogP contribution in [0.1, 0.15) is 48.7 Å². The molecule has 5 heterocycles. The number of rotatable bonds is 6. The summed E-state index contributed by atoms with van der Waals surface area (Å²) in [6, 6.07) is 13.7. The molecule has 1 amide bonds. The maximum absolute atomic E-state index is 12.8. The fourth-order valence-corrected chi connectivity index (χ4v) is 6.48. The third-order valence-electron chi connectivity index (χ3n) is 7.71. The number of H-pyrrole nitrogens is 2. The molecule has 41 heavy (non-hydrogen) atoms. The highest BCUT2D eigenvalue weighted by molar-refractivity contribution is 7.17. The topological polar surface area (TPSA) is 129 Å². The van der Waals surface area contributed by atoms with E-state index in [1.807, 2.05) is 36.4 Å². The Bertz CT molecular complexity index is 1930. The Morgan fingerprint density at radius 1 is 1.00 bits per heavy atom. The maximum atomic E-state index is 12.8. The molecule has 1 saturated carbocycles. The molecule has 0 spiro atoms. The zero-order chi connectivity index (χ0) is 27.9. The van der Waals surface area contributed by atoms with Gasteiger partial charge in [0.25, 0.3) is 0 Å². The van der Waals surface area contributed by atoms with Gasteiger partial charge in [-0.15, -0.1) is 11.3 Å². The average molecular weight is 562 g/mol. The number of fused-ring (bicyclic) bond motifs is 2. The Kier molecular flexibility index (Phi) is 6.39. The van der Waals surface area contributed by atoms with Gasteiger partial charge in [-0.2, -0.15) is 5.10 Å². The van der Waals surface area contributed by atoms with Crippen molar-refractivity contribution in [2.75, 3.05) is 5.32 Å². The number of hydrogen-bond acceptors (Lipinski definition) is 7. The van der Waals surface area contributed by atoms with Crippen LogP contribution in [-0.4, -0.2) is 41.8 Å². The van der Waals surface area contributed by atoms with Crippen LogP contribution >= 0.6 is 11.3 Å². The van der Waals surface area contributed by atoms with E-state index in [4.69, 9.17) is 4.98 Å². The van der Waals surface area contributed by atoms with Crippen molar-refractivity contribution in [3.05, 3.63) is 65.9 Å². The van der Waals surface area contributed by atoms with Crippen LogP contribution in [0.2, 0.25) is 0 Å². The Balaban J connectivity index is 1.22. The van der Waals surface area contributed by atoms with Gasteiger partial charge in [-0.3, -0.25) is 19.7 Å². The number of amides is 1. The molecular weight excluding hydrogens is 534 g/mol. The van der Waals surface area contributed by atoms with E-state index in [1.54, 1.807) is 25.5 Å². The second-order valence-corrected chi connectivity index (χ2v) is 11.6. The fraction of sp³-hybridized carbons (Fsp3) is 0.226. The minimum absolute atomic E-state index is 0.0444. The molecule has 6 aromatic rings. The molecule has 5 aromatic heterocycles. The average Bonchev–Trinajstić information content (AvgIpc) is 3.75. The molecule has 3 N–H and O–H groups in total. The van der Waals surface area contributed by atoms with Crippen LogP contribution in [0.4, 0.5) is 5.69 Å². The molecule has 0 radical (unpaired) electrons. The fourth-order valence-electron chi connectivity index (χ4n) is 5.55. The summed E-state index contributed by atoms with van der Waals surface area (Å²) in [6.45, 7) is 1.57. The lowest BCUT2D eigenvalue weighted by Crippen LogP contribution is -2.24. The monoisotopic (exact) mass is 561 g/mol. The number of pyridine rings is 2. The highest BCUT2D eigenvalue weighted by Gasteiger charge is 2.22. The van der Waals surface area contributed by atoms with Crippen molar-refractivity contribution in [1.82, 2.24) is 30.1 Å². The van der Waals surface area contributed by atoms with Crippen molar-refractivity contribution in [3.63, 3.8) is 0 Å². The quantitative estimate of drug-likeness (QED) is 0.188. The van der Waals surface area contributed by atoms with Crippen LogP contribution in [-0.2, 0) is 4.79 Å². The number of benzene rings is 1. The van der Waals surface area contributed by atoms with Gasteiger partial charge in [-0.1, -0.05) is 25.3 Å². The van der Waals surface area contributed by atoms with Gasteiger partial charge in [-0.05, 0) is 61.7 Å². The van der Waals surface area contributed by atoms with Gasteiger partial charge < -0.3 is 10.3 Å². The first-order chi connectivity index (χ1) is 20.0.